The minimum absolute atomic E-state index is 0. The summed E-state index contributed by atoms with van der Waals surface area (Å²) in [6.07, 6.45) is -1.82. The van der Waals surface area contributed by atoms with E-state index in [1.807, 2.05) is 0 Å². The van der Waals surface area contributed by atoms with Crippen LogP contribution in [0.1, 0.15) is 12.8 Å². The quantitative estimate of drug-likeness (QED) is 0.304. The molecule has 118 valence electrons. The topological polar surface area (TPSA) is 218 Å². The van der Waals surface area contributed by atoms with Gasteiger partial charge >= 0.3 is 124 Å². The van der Waals surface area contributed by atoms with E-state index in [0.717, 1.165) is 0 Å². The number of aliphatic hydroxyl groups is 1. The Morgan fingerprint density at radius 1 is 0.720 bits per heavy atom. The second-order valence-corrected chi connectivity index (χ2v) is 3.41. The van der Waals surface area contributed by atoms with Gasteiger partial charge < -0.3 is 49.8 Å². The molecule has 0 aliphatic carbocycles. The molecule has 0 aromatic rings. The Hall–Kier alpha value is 1.05. The van der Waals surface area contributed by atoms with Crippen molar-refractivity contribution >= 4 is 29.8 Å². The van der Waals surface area contributed by atoms with Gasteiger partial charge in [-0.25, -0.2) is 4.79 Å². The molecular formula is C10H8Na4O11. The van der Waals surface area contributed by atoms with Crippen molar-refractivity contribution in [3.8, 4) is 0 Å². The van der Waals surface area contributed by atoms with Gasteiger partial charge in [-0.15, -0.1) is 0 Å². The van der Waals surface area contributed by atoms with Crippen molar-refractivity contribution in [2.45, 2.75) is 18.4 Å². The molecule has 2 N–H and O–H groups in total. The predicted molar refractivity (Wildman–Crippen MR) is 51.0 cm³/mol. The maximum absolute atomic E-state index is 10.3. The molecule has 0 bridgehead atoms. The van der Waals surface area contributed by atoms with E-state index in [2.05, 4.69) is 0 Å². The van der Waals surface area contributed by atoms with E-state index in [9.17, 15) is 44.4 Å². The number of rotatable bonds is 7. The molecule has 0 rings (SSSR count). The zero-order valence-corrected chi connectivity index (χ0v) is 22.1. The summed E-state index contributed by atoms with van der Waals surface area (Å²) in [4.78, 5) is 49.0. The summed E-state index contributed by atoms with van der Waals surface area (Å²) in [6, 6.07) is 0. The molecule has 0 aromatic heterocycles. The van der Waals surface area contributed by atoms with Crippen LogP contribution in [0.4, 0.5) is 0 Å². The SMILES string of the molecule is O=C([O-])/C=C/C(=O)[O-].O=C([O-])CC(O)(CC(=O)[O-])C(=O)O.[Na+].[Na+].[Na+].[Na+]. The number of aliphatic carboxylic acids is 5. The van der Waals surface area contributed by atoms with E-state index in [1.54, 1.807) is 0 Å². The number of carbonyl (C=O) groups excluding carboxylic acids is 4. The molecule has 0 aliphatic rings. The van der Waals surface area contributed by atoms with Crippen LogP contribution in [-0.4, -0.2) is 45.7 Å². The maximum atomic E-state index is 10.3. The number of carbonyl (C=O) groups is 5. The normalized spacial score (nSPS) is 8.68. The maximum Gasteiger partial charge on any atom is 1.00 e. The van der Waals surface area contributed by atoms with E-state index in [1.165, 1.54) is 0 Å². The average molecular weight is 396 g/mol. The summed E-state index contributed by atoms with van der Waals surface area (Å²) in [5.74, 6) is -8.75. The third kappa shape index (κ3) is 27.4. The molecule has 0 atom stereocenters. The average Bonchev–Trinajstić information content (AvgIpc) is 2.24. The van der Waals surface area contributed by atoms with E-state index >= 15 is 0 Å². The molecule has 0 spiro atoms. The van der Waals surface area contributed by atoms with Crippen molar-refractivity contribution in [2.24, 2.45) is 0 Å². The summed E-state index contributed by atoms with van der Waals surface area (Å²) < 4.78 is 0. The summed E-state index contributed by atoms with van der Waals surface area (Å²) in [5.41, 5.74) is -2.86. The van der Waals surface area contributed by atoms with Crippen LogP contribution in [0, 0.1) is 0 Å². The smallest absolute Gasteiger partial charge is 0.550 e. The minimum Gasteiger partial charge on any atom is -0.550 e. The van der Waals surface area contributed by atoms with Crippen LogP contribution >= 0.6 is 0 Å². The molecule has 25 heavy (non-hydrogen) atoms. The summed E-state index contributed by atoms with van der Waals surface area (Å²) >= 11 is 0. The first-order chi connectivity index (χ1) is 9.40. The monoisotopic (exact) mass is 396 g/mol. The van der Waals surface area contributed by atoms with Crippen molar-refractivity contribution in [1.82, 2.24) is 0 Å². The van der Waals surface area contributed by atoms with Crippen LogP contribution in [0.15, 0.2) is 12.2 Å². The molecule has 11 nitrogen and oxygen atoms in total. The first-order valence-electron chi connectivity index (χ1n) is 4.86. The Morgan fingerprint density at radius 2 is 0.960 bits per heavy atom. The van der Waals surface area contributed by atoms with Crippen molar-refractivity contribution < 1.29 is 173 Å². The molecule has 0 fully saturated rings. The molecule has 0 saturated heterocycles. The molecule has 0 saturated carbocycles. The van der Waals surface area contributed by atoms with Gasteiger partial charge in [0.25, 0.3) is 0 Å². The van der Waals surface area contributed by atoms with Gasteiger partial charge in [-0.05, 0) is 12.2 Å². The number of hydrogen-bond donors (Lipinski definition) is 2. The molecule has 0 heterocycles. The van der Waals surface area contributed by atoms with Crippen LogP contribution in [0.25, 0.3) is 0 Å². The van der Waals surface area contributed by atoms with Crippen molar-refractivity contribution in [3.63, 3.8) is 0 Å². The molecule has 0 aromatic carbocycles. The molecular weight excluding hydrogens is 388 g/mol. The summed E-state index contributed by atoms with van der Waals surface area (Å²) in [7, 11) is 0. The third-order valence-electron chi connectivity index (χ3n) is 1.63. The van der Waals surface area contributed by atoms with Crippen molar-refractivity contribution in [1.29, 1.82) is 0 Å². The Balaban J connectivity index is -0.0000000671. The van der Waals surface area contributed by atoms with Crippen LogP contribution in [-0.2, 0) is 24.0 Å². The molecule has 0 unspecified atom stereocenters. The van der Waals surface area contributed by atoms with Gasteiger partial charge in [0.2, 0.25) is 0 Å². The minimum atomic E-state index is -2.86. The van der Waals surface area contributed by atoms with Gasteiger partial charge in [-0.1, -0.05) is 0 Å². The zero-order chi connectivity index (χ0) is 17.2. The number of carboxylic acid groups (broad SMARTS) is 5. The van der Waals surface area contributed by atoms with Crippen LogP contribution in [0.5, 0.6) is 0 Å². The van der Waals surface area contributed by atoms with Gasteiger partial charge in [-0.2, -0.15) is 0 Å². The van der Waals surface area contributed by atoms with Gasteiger partial charge in [0, 0.05) is 24.8 Å². The number of carboxylic acids is 5. The van der Waals surface area contributed by atoms with E-state index in [0.29, 0.717) is 12.2 Å². The van der Waals surface area contributed by atoms with Crippen molar-refractivity contribution in [3.05, 3.63) is 12.2 Å². The standard InChI is InChI=1S/C6H8O7.C4H4O4.4Na/c7-3(8)1-6(13,5(11)12)2-4(9)10;5-3(6)1-2-4(7)8;;;;/h13H,1-2H2,(H,7,8)(H,9,10)(H,11,12);1-2H,(H,5,6)(H,7,8);;;;/q;;4*+1/p-4/b;2-1+;;;;. The van der Waals surface area contributed by atoms with Crippen molar-refractivity contribution in [2.75, 3.05) is 0 Å². The second kappa shape index (κ2) is 21.4. The molecule has 0 radical (unpaired) electrons. The Labute approximate surface area is 230 Å². The zero-order valence-electron chi connectivity index (χ0n) is 14.1. The van der Waals surface area contributed by atoms with E-state index < -0.39 is 48.3 Å². The van der Waals surface area contributed by atoms with E-state index in [-0.39, 0.29) is 118 Å². The van der Waals surface area contributed by atoms with Gasteiger partial charge in [0.1, 0.15) is 0 Å². The molecule has 15 heteroatoms. The van der Waals surface area contributed by atoms with Crippen LogP contribution < -0.4 is 139 Å². The fourth-order valence-corrected chi connectivity index (χ4v) is 0.827. The van der Waals surface area contributed by atoms with Crippen LogP contribution in [0.3, 0.4) is 0 Å². The van der Waals surface area contributed by atoms with Gasteiger partial charge in [-0.3, -0.25) is 0 Å². The largest absolute Gasteiger partial charge is 1.00 e. The molecule has 0 aliphatic heterocycles. The Bertz CT molecular complexity index is 445. The summed E-state index contributed by atoms with van der Waals surface area (Å²) in [5, 5.41) is 56.0. The Morgan fingerprint density at radius 3 is 1.08 bits per heavy atom. The second-order valence-electron chi connectivity index (χ2n) is 3.41. The molecule has 0 amide bonds. The van der Waals surface area contributed by atoms with Gasteiger partial charge in [0.05, 0.1) is 11.9 Å². The Kier molecular flexibility index (Phi) is 34.7. The first-order valence-corrected chi connectivity index (χ1v) is 4.86. The summed E-state index contributed by atoms with van der Waals surface area (Å²) in [6.45, 7) is 0. The number of hydrogen-bond acceptors (Lipinski definition) is 10. The van der Waals surface area contributed by atoms with E-state index in [4.69, 9.17) is 10.2 Å². The van der Waals surface area contributed by atoms with Gasteiger partial charge in [0.15, 0.2) is 5.60 Å². The third-order valence-corrected chi connectivity index (χ3v) is 1.63. The van der Waals surface area contributed by atoms with Crippen LogP contribution in [0.2, 0.25) is 0 Å². The fourth-order valence-electron chi connectivity index (χ4n) is 0.827. The predicted octanol–water partition coefficient (Wildman–Crippen LogP) is -18.9. The fraction of sp³-hybridized carbons (Fsp3) is 0.300. The first kappa shape index (κ1) is 40.7.